The van der Waals surface area contributed by atoms with E-state index in [1.54, 1.807) is 14.2 Å². The molecule has 0 aromatic heterocycles. The van der Waals surface area contributed by atoms with E-state index in [1.807, 2.05) is 30.9 Å². The molecule has 1 aliphatic heterocycles. The Bertz CT molecular complexity index is 555. The van der Waals surface area contributed by atoms with Gasteiger partial charge in [-0.1, -0.05) is 13.8 Å². The van der Waals surface area contributed by atoms with Crippen LogP contribution in [-0.2, 0) is 11.2 Å². The van der Waals surface area contributed by atoms with Crippen molar-refractivity contribution in [3.63, 3.8) is 0 Å². The third kappa shape index (κ3) is 3.04. The second kappa shape index (κ2) is 6.57. The Kier molecular flexibility index (Phi) is 4.96. The van der Waals surface area contributed by atoms with Crippen molar-refractivity contribution in [3.05, 3.63) is 17.7 Å². The summed E-state index contributed by atoms with van der Waals surface area (Å²) < 4.78 is 10.8. The zero-order valence-corrected chi connectivity index (χ0v) is 14.3. The number of nitrogens with zero attached hydrogens (tertiary/aromatic N) is 2. The van der Waals surface area contributed by atoms with Crippen LogP contribution in [0.3, 0.4) is 0 Å². The van der Waals surface area contributed by atoms with Crippen LogP contribution >= 0.6 is 0 Å². The number of amides is 1. The van der Waals surface area contributed by atoms with Gasteiger partial charge in [-0.25, -0.2) is 0 Å². The lowest BCUT2D eigenvalue weighted by Crippen LogP contribution is -2.49. The molecule has 2 rings (SSSR count). The molecular formula is C17H26N2O3. The van der Waals surface area contributed by atoms with Gasteiger partial charge in [0.05, 0.1) is 19.9 Å². The Hall–Kier alpha value is -1.75. The molecule has 22 heavy (non-hydrogen) atoms. The Balaban J connectivity index is 2.52. The number of likely N-dealkylation sites (N-methyl/N-ethyl adjacent to an activating group) is 1. The first-order chi connectivity index (χ1) is 10.4. The molecule has 1 atom stereocenters. The highest BCUT2D eigenvalue weighted by molar-refractivity contribution is 5.96. The summed E-state index contributed by atoms with van der Waals surface area (Å²) in [4.78, 5) is 16.7. The SMILES string of the molecule is COc1cc2c(cc1OC)N(C(=O)C(C)C)CC(N(C)C)C2. The molecule has 122 valence electrons. The maximum Gasteiger partial charge on any atom is 0.229 e. The number of carbonyl (C=O) groups is 1. The van der Waals surface area contributed by atoms with Crippen molar-refractivity contribution >= 4 is 11.6 Å². The van der Waals surface area contributed by atoms with E-state index in [4.69, 9.17) is 9.47 Å². The van der Waals surface area contributed by atoms with Crippen molar-refractivity contribution in [2.75, 3.05) is 39.8 Å². The highest BCUT2D eigenvalue weighted by Crippen LogP contribution is 2.39. The first-order valence-electron chi connectivity index (χ1n) is 7.61. The first kappa shape index (κ1) is 16.6. The molecule has 1 amide bonds. The average Bonchev–Trinajstić information content (AvgIpc) is 2.51. The number of methoxy groups -OCH3 is 2. The van der Waals surface area contributed by atoms with Crippen molar-refractivity contribution in [1.82, 2.24) is 4.90 Å². The number of hydrogen-bond donors (Lipinski definition) is 0. The zero-order chi connectivity index (χ0) is 16.4. The Morgan fingerprint density at radius 1 is 1.23 bits per heavy atom. The fourth-order valence-electron chi connectivity index (χ4n) is 2.82. The van der Waals surface area contributed by atoms with Crippen molar-refractivity contribution in [2.45, 2.75) is 26.3 Å². The minimum absolute atomic E-state index is 0.0399. The number of hydrogen-bond acceptors (Lipinski definition) is 4. The quantitative estimate of drug-likeness (QED) is 0.855. The molecule has 0 bridgehead atoms. The third-order valence-electron chi connectivity index (χ3n) is 4.21. The van der Waals surface area contributed by atoms with E-state index in [9.17, 15) is 4.79 Å². The Morgan fingerprint density at radius 2 is 1.82 bits per heavy atom. The van der Waals surface area contributed by atoms with Gasteiger partial charge in [-0.3, -0.25) is 4.79 Å². The summed E-state index contributed by atoms with van der Waals surface area (Å²) in [6.45, 7) is 4.57. The number of anilines is 1. The highest BCUT2D eigenvalue weighted by atomic mass is 16.5. The van der Waals surface area contributed by atoms with Crippen molar-refractivity contribution in [2.24, 2.45) is 5.92 Å². The molecule has 0 saturated heterocycles. The van der Waals surface area contributed by atoms with Crippen LogP contribution < -0.4 is 14.4 Å². The summed E-state index contributed by atoms with van der Waals surface area (Å²) in [7, 11) is 7.35. The maximum atomic E-state index is 12.6. The number of carbonyl (C=O) groups excluding carboxylic acids is 1. The van der Waals surface area contributed by atoms with E-state index < -0.39 is 0 Å². The standard InChI is InChI=1S/C17H26N2O3/c1-11(2)17(20)19-10-13(18(3)4)7-12-8-15(21-5)16(22-6)9-14(12)19/h8-9,11,13H,7,10H2,1-6H3. The lowest BCUT2D eigenvalue weighted by atomic mass is 9.95. The summed E-state index contributed by atoms with van der Waals surface area (Å²) in [5, 5.41) is 0. The summed E-state index contributed by atoms with van der Waals surface area (Å²) in [6, 6.07) is 4.21. The lowest BCUT2D eigenvalue weighted by Gasteiger charge is -2.38. The minimum atomic E-state index is -0.0399. The predicted molar refractivity (Wildman–Crippen MR) is 87.9 cm³/mol. The molecule has 1 heterocycles. The Morgan fingerprint density at radius 3 is 2.32 bits per heavy atom. The van der Waals surface area contributed by atoms with Crippen LogP contribution in [0.1, 0.15) is 19.4 Å². The second-order valence-electron chi connectivity index (χ2n) is 6.26. The van der Waals surface area contributed by atoms with Crippen LogP contribution in [0.4, 0.5) is 5.69 Å². The average molecular weight is 306 g/mol. The molecule has 1 aromatic carbocycles. The first-order valence-corrected chi connectivity index (χ1v) is 7.61. The van der Waals surface area contributed by atoms with Gasteiger partial charge in [-0.2, -0.15) is 0 Å². The van der Waals surface area contributed by atoms with E-state index in [0.29, 0.717) is 24.1 Å². The van der Waals surface area contributed by atoms with Gasteiger partial charge in [0.25, 0.3) is 0 Å². The van der Waals surface area contributed by atoms with Crippen molar-refractivity contribution < 1.29 is 14.3 Å². The third-order valence-corrected chi connectivity index (χ3v) is 4.21. The van der Waals surface area contributed by atoms with Gasteiger partial charge in [-0.05, 0) is 32.1 Å². The van der Waals surface area contributed by atoms with Crippen LogP contribution in [-0.4, -0.2) is 51.7 Å². The van der Waals surface area contributed by atoms with Crippen molar-refractivity contribution in [3.8, 4) is 11.5 Å². The van der Waals surface area contributed by atoms with E-state index in [1.165, 1.54) is 0 Å². The summed E-state index contributed by atoms with van der Waals surface area (Å²) in [5.41, 5.74) is 2.06. The van der Waals surface area contributed by atoms with Crippen LogP contribution in [0.15, 0.2) is 12.1 Å². The van der Waals surface area contributed by atoms with Crippen LogP contribution in [0.2, 0.25) is 0 Å². The molecule has 5 nitrogen and oxygen atoms in total. The highest BCUT2D eigenvalue weighted by Gasteiger charge is 2.31. The van der Waals surface area contributed by atoms with E-state index in [2.05, 4.69) is 19.0 Å². The monoisotopic (exact) mass is 306 g/mol. The molecule has 5 heteroatoms. The van der Waals surface area contributed by atoms with E-state index >= 15 is 0 Å². The smallest absolute Gasteiger partial charge is 0.229 e. The van der Waals surface area contributed by atoms with Crippen molar-refractivity contribution in [1.29, 1.82) is 0 Å². The summed E-state index contributed by atoms with van der Waals surface area (Å²) in [6.07, 6.45) is 0.893. The summed E-state index contributed by atoms with van der Waals surface area (Å²) in [5.74, 6) is 1.46. The van der Waals surface area contributed by atoms with Gasteiger partial charge in [0, 0.05) is 24.6 Å². The van der Waals surface area contributed by atoms with Gasteiger partial charge >= 0.3 is 0 Å². The zero-order valence-electron chi connectivity index (χ0n) is 14.3. The van der Waals surface area contributed by atoms with E-state index in [0.717, 1.165) is 17.7 Å². The normalized spacial score (nSPS) is 17.6. The van der Waals surface area contributed by atoms with Gasteiger partial charge in [0.15, 0.2) is 11.5 Å². The number of ether oxygens (including phenoxy) is 2. The maximum absolute atomic E-state index is 12.6. The number of benzene rings is 1. The topological polar surface area (TPSA) is 42.0 Å². The van der Waals surface area contributed by atoms with Gasteiger partial charge < -0.3 is 19.3 Å². The number of rotatable bonds is 4. The molecule has 0 spiro atoms. The van der Waals surface area contributed by atoms with Crippen LogP contribution in [0.25, 0.3) is 0 Å². The van der Waals surface area contributed by atoms with Crippen LogP contribution in [0.5, 0.6) is 11.5 Å². The van der Waals surface area contributed by atoms with E-state index in [-0.39, 0.29) is 11.8 Å². The molecule has 1 unspecified atom stereocenters. The molecule has 1 aliphatic rings. The van der Waals surface area contributed by atoms with Gasteiger partial charge in [0.2, 0.25) is 5.91 Å². The van der Waals surface area contributed by atoms with Gasteiger partial charge in [-0.15, -0.1) is 0 Å². The largest absolute Gasteiger partial charge is 0.493 e. The second-order valence-corrected chi connectivity index (χ2v) is 6.26. The molecule has 0 fully saturated rings. The molecule has 0 saturated carbocycles. The number of fused-ring (bicyclic) bond motifs is 1. The van der Waals surface area contributed by atoms with Gasteiger partial charge in [0.1, 0.15) is 0 Å². The molecular weight excluding hydrogens is 280 g/mol. The Labute approximate surface area is 132 Å². The fourth-order valence-corrected chi connectivity index (χ4v) is 2.82. The molecule has 1 aromatic rings. The predicted octanol–water partition coefficient (Wildman–Crippen LogP) is 2.18. The molecule has 0 radical (unpaired) electrons. The molecule has 0 aliphatic carbocycles. The lowest BCUT2D eigenvalue weighted by molar-refractivity contribution is -0.121. The summed E-state index contributed by atoms with van der Waals surface area (Å²) >= 11 is 0. The van der Waals surface area contributed by atoms with Crippen LogP contribution in [0, 0.1) is 5.92 Å². The minimum Gasteiger partial charge on any atom is -0.493 e. The fraction of sp³-hybridized carbons (Fsp3) is 0.588. The molecule has 0 N–H and O–H groups in total.